The van der Waals surface area contributed by atoms with Crippen molar-refractivity contribution < 1.29 is 9.50 Å². The maximum atomic E-state index is 13.8. The van der Waals surface area contributed by atoms with Gasteiger partial charge in [0.2, 0.25) is 0 Å². The Bertz CT molecular complexity index is 1030. The van der Waals surface area contributed by atoms with Crippen LogP contribution in [0, 0.1) is 5.82 Å². The molecule has 0 spiro atoms. The van der Waals surface area contributed by atoms with Crippen LogP contribution in [0.5, 0.6) is 0 Å². The first-order valence-corrected chi connectivity index (χ1v) is 11.0. The summed E-state index contributed by atoms with van der Waals surface area (Å²) in [6, 6.07) is 18.1. The molecule has 5 heteroatoms. The van der Waals surface area contributed by atoms with E-state index in [4.69, 9.17) is 11.6 Å². The average molecular weight is 437 g/mol. The molecule has 0 atom stereocenters. The molecule has 160 valence electrons. The third-order valence-corrected chi connectivity index (χ3v) is 6.22. The van der Waals surface area contributed by atoms with Crippen LogP contribution in [0.15, 0.2) is 79.1 Å². The molecule has 1 aliphatic heterocycles. The average Bonchev–Trinajstić information content (AvgIpc) is 2.79. The van der Waals surface area contributed by atoms with Crippen LogP contribution in [0.1, 0.15) is 36.0 Å². The van der Waals surface area contributed by atoms with E-state index in [1.54, 1.807) is 18.3 Å². The highest BCUT2D eigenvalue weighted by Gasteiger charge is 2.33. The van der Waals surface area contributed by atoms with Crippen molar-refractivity contribution in [1.82, 2.24) is 9.88 Å². The highest BCUT2D eigenvalue weighted by atomic mass is 35.5. The number of aromatic nitrogens is 1. The monoisotopic (exact) mass is 436 g/mol. The van der Waals surface area contributed by atoms with Gasteiger partial charge in [0.05, 0.1) is 5.60 Å². The van der Waals surface area contributed by atoms with Gasteiger partial charge in [0.15, 0.2) is 0 Å². The van der Waals surface area contributed by atoms with Crippen LogP contribution in [0.2, 0.25) is 5.02 Å². The van der Waals surface area contributed by atoms with E-state index in [0.29, 0.717) is 17.9 Å². The predicted molar refractivity (Wildman–Crippen MR) is 123 cm³/mol. The Balaban J connectivity index is 1.41. The molecule has 31 heavy (non-hydrogen) atoms. The molecule has 0 aliphatic carbocycles. The molecule has 0 bridgehead atoms. The molecule has 3 nitrogen and oxygen atoms in total. The normalized spacial score (nSPS) is 16.9. The van der Waals surface area contributed by atoms with Crippen LogP contribution in [0.4, 0.5) is 4.39 Å². The topological polar surface area (TPSA) is 36.4 Å². The predicted octanol–water partition coefficient (Wildman–Crippen LogP) is 5.68. The Morgan fingerprint density at radius 3 is 2.48 bits per heavy atom. The summed E-state index contributed by atoms with van der Waals surface area (Å²) in [5.74, 6) is -0.246. The molecule has 2 aromatic carbocycles. The Morgan fingerprint density at radius 2 is 1.81 bits per heavy atom. The lowest BCUT2D eigenvalue weighted by atomic mass is 9.84. The van der Waals surface area contributed by atoms with E-state index in [1.807, 2.05) is 48.7 Å². The molecule has 1 N–H and O–H groups in total. The number of aliphatic hydroxyl groups is 1. The van der Waals surface area contributed by atoms with Gasteiger partial charge < -0.3 is 10.0 Å². The third kappa shape index (κ3) is 5.40. The van der Waals surface area contributed by atoms with Gasteiger partial charge in [0.1, 0.15) is 5.82 Å². The number of piperidine rings is 1. The van der Waals surface area contributed by atoms with Crippen molar-refractivity contribution >= 4 is 17.2 Å². The van der Waals surface area contributed by atoms with Crippen molar-refractivity contribution in [3.05, 3.63) is 107 Å². The summed E-state index contributed by atoms with van der Waals surface area (Å²) in [5, 5.41) is 11.7. The van der Waals surface area contributed by atoms with E-state index in [1.165, 1.54) is 6.07 Å². The smallest absolute Gasteiger partial charge is 0.123 e. The maximum Gasteiger partial charge on any atom is 0.123 e. The van der Waals surface area contributed by atoms with Crippen molar-refractivity contribution in [2.45, 2.75) is 24.9 Å². The molecule has 4 rings (SSSR count). The lowest BCUT2D eigenvalue weighted by molar-refractivity contribution is -0.0254. The van der Waals surface area contributed by atoms with Gasteiger partial charge in [-0.25, -0.2) is 4.39 Å². The second kappa shape index (κ2) is 9.73. The second-order valence-corrected chi connectivity index (χ2v) is 8.48. The second-order valence-electron chi connectivity index (χ2n) is 8.04. The molecule has 1 aromatic heterocycles. The number of likely N-dealkylation sites (tertiary alicyclic amines) is 1. The van der Waals surface area contributed by atoms with Gasteiger partial charge >= 0.3 is 0 Å². The van der Waals surface area contributed by atoms with E-state index in [-0.39, 0.29) is 5.82 Å². The Kier molecular flexibility index (Phi) is 6.81. The quantitative estimate of drug-likeness (QED) is 0.540. The van der Waals surface area contributed by atoms with E-state index < -0.39 is 5.60 Å². The van der Waals surface area contributed by atoms with E-state index >= 15 is 0 Å². The summed E-state index contributed by atoms with van der Waals surface area (Å²) in [5.41, 5.74) is 2.95. The fraction of sp³-hybridized carbons (Fsp3) is 0.269. The van der Waals surface area contributed by atoms with Gasteiger partial charge in [-0.15, -0.1) is 0 Å². The van der Waals surface area contributed by atoms with Crippen LogP contribution >= 0.6 is 11.6 Å². The maximum absolute atomic E-state index is 13.8. The molecule has 3 aromatic rings. The lowest BCUT2D eigenvalue weighted by Crippen LogP contribution is -2.42. The van der Waals surface area contributed by atoms with Gasteiger partial charge in [-0.2, -0.15) is 0 Å². The Labute approximate surface area is 187 Å². The molecule has 1 saturated heterocycles. The van der Waals surface area contributed by atoms with Crippen LogP contribution in [0.3, 0.4) is 0 Å². The molecule has 2 heterocycles. The first kappa shape index (κ1) is 21.7. The van der Waals surface area contributed by atoms with Crippen molar-refractivity contribution in [3.63, 3.8) is 0 Å². The van der Waals surface area contributed by atoms with Crippen LogP contribution in [-0.2, 0) is 5.60 Å². The SMILES string of the molecule is OC1(c2ccc(Cl)cc2)CCN(CC/C=C(\c2cccnc2)c2cccc(F)c2)CC1. The zero-order valence-electron chi connectivity index (χ0n) is 17.3. The number of rotatable bonds is 6. The fourth-order valence-corrected chi connectivity index (χ4v) is 4.29. The summed E-state index contributed by atoms with van der Waals surface area (Å²) in [6.07, 6.45) is 7.92. The minimum atomic E-state index is -0.792. The van der Waals surface area contributed by atoms with Gasteiger partial charge in [-0.1, -0.05) is 48.0 Å². The molecule has 1 fully saturated rings. The summed E-state index contributed by atoms with van der Waals surface area (Å²) >= 11 is 5.98. The molecule has 0 amide bonds. The zero-order valence-corrected chi connectivity index (χ0v) is 18.1. The van der Waals surface area contributed by atoms with Crippen LogP contribution in [0.25, 0.3) is 5.57 Å². The number of halogens is 2. The van der Waals surface area contributed by atoms with Gasteiger partial charge in [0.25, 0.3) is 0 Å². The molecule has 0 radical (unpaired) electrons. The lowest BCUT2D eigenvalue weighted by Gasteiger charge is -2.38. The summed E-state index contributed by atoms with van der Waals surface area (Å²) in [6.45, 7) is 2.54. The minimum absolute atomic E-state index is 0.246. The largest absolute Gasteiger partial charge is 0.385 e. The van der Waals surface area contributed by atoms with Crippen molar-refractivity contribution in [2.24, 2.45) is 0 Å². The number of hydrogen-bond acceptors (Lipinski definition) is 3. The Hall–Kier alpha value is -2.53. The first-order chi connectivity index (χ1) is 15.0. The number of nitrogens with zero attached hydrogens (tertiary/aromatic N) is 2. The third-order valence-electron chi connectivity index (χ3n) is 5.97. The van der Waals surface area contributed by atoms with E-state index in [0.717, 1.165) is 48.3 Å². The van der Waals surface area contributed by atoms with Crippen molar-refractivity contribution in [2.75, 3.05) is 19.6 Å². The molecule has 1 aliphatic rings. The zero-order chi connectivity index (χ0) is 21.7. The van der Waals surface area contributed by atoms with Gasteiger partial charge in [-0.05, 0) is 66.3 Å². The highest BCUT2D eigenvalue weighted by molar-refractivity contribution is 6.30. The van der Waals surface area contributed by atoms with Crippen LogP contribution in [-0.4, -0.2) is 34.6 Å². The summed E-state index contributed by atoms with van der Waals surface area (Å²) < 4.78 is 13.8. The number of benzene rings is 2. The first-order valence-electron chi connectivity index (χ1n) is 10.6. The van der Waals surface area contributed by atoms with E-state index in [2.05, 4.69) is 16.0 Å². The summed E-state index contributed by atoms with van der Waals surface area (Å²) in [7, 11) is 0. The van der Waals surface area contributed by atoms with E-state index in [9.17, 15) is 9.50 Å². The van der Waals surface area contributed by atoms with Crippen LogP contribution < -0.4 is 0 Å². The molecular weight excluding hydrogens is 411 g/mol. The van der Waals surface area contributed by atoms with Gasteiger partial charge in [0, 0.05) is 42.6 Å². The molecular formula is C26H26ClFN2O. The van der Waals surface area contributed by atoms with Crippen molar-refractivity contribution in [1.29, 1.82) is 0 Å². The Morgan fingerprint density at radius 1 is 1.06 bits per heavy atom. The fourth-order valence-electron chi connectivity index (χ4n) is 4.17. The van der Waals surface area contributed by atoms with Gasteiger partial charge in [-0.3, -0.25) is 4.98 Å². The number of hydrogen-bond donors (Lipinski definition) is 1. The molecule has 0 unspecified atom stereocenters. The summed E-state index contributed by atoms with van der Waals surface area (Å²) in [4.78, 5) is 6.59. The van der Waals surface area contributed by atoms with Crippen molar-refractivity contribution in [3.8, 4) is 0 Å². The molecule has 0 saturated carbocycles. The minimum Gasteiger partial charge on any atom is -0.385 e. The number of pyridine rings is 1. The highest BCUT2D eigenvalue weighted by Crippen LogP contribution is 2.33. The standard InChI is InChI=1S/C26H26ClFN2O/c27-23-10-8-22(9-11-23)26(31)12-16-30(17-13-26)15-3-7-25(21-5-2-14-29-19-21)20-4-1-6-24(28)18-20/h1-2,4-11,14,18-19,31H,3,12-13,15-17H2/b25-7-.